The molecule has 0 aromatic heterocycles. The van der Waals surface area contributed by atoms with Crippen LogP contribution in [0.15, 0.2) is 11.6 Å². The van der Waals surface area contributed by atoms with E-state index in [1.165, 1.54) is 0 Å². The largest absolute Gasteiger partial charge is 0.478 e. The van der Waals surface area contributed by atoms with Crippen molar-refractivity contribution in [3.05, 3.63) is 11.6 Å². The number of carbonyl (C=O) groups excluding carboxylic acids is 1. The zero-order valence-electron chi connectivity index (χ0n) is 14.5. The Morgan fingerprint density at radius 2 is 1.71 bits per heavy atom. The summed E-state index contributed by atoms with van der Waals surface area (Å²) in [5, 5.41) is 12.1. The number of nitrogens with one attached hydrogen (secondary N) is 1. The van der Waals surface area contributed by atoms with Crippen LogP contribution in [0.5, 0.6) is 0 Å². The SMILES string of the molecule is CN[C@H](C(=O)N(C)[C@H](/C=C(\C)C(=O)O)C(C)C)C(C)(C)C. The fourth-order valence-corrected chi connectivity index (χ4v) is 2.36. The lowest BCUT2D eigenvalue weighted by Crippen LogP contribution is -2.54. The Kier molecular flexibility index (Phi) is 7.10. The average Bonchev–Trinajstić information content (AvgIpc) is 2.32. The van der Waals surface area contributed by atoms with Gasteiger partial charge in [-0.15, -0.1) is 0 Å². The molecule has 0 aliphatic heterocycles. The second-order valence-corrected chi connectivity index (χ2v) is 6.93. The highest BCUT2D eigenvalue weighted by atomic mass is 16.4. The number of likely N-dealkylation sites (N-methyl/N-ethyl adjacent to an activating group) is 2. The smallest absolute Gasteiger partial charge is 0.331 e. The van der Waals surface area contributed by atoms with Crippen LogP contribution >= 0.6 is 0 Å². The number of hydrogen-bond donors (Lipinski definition) is 2. The number of aliphatic carboxylic acids is 1. The van der Waals surface area contributed by atoms with Gasteiger partial charge in [0.05, 0.1) is 12.1 Å². The quantitative estimate of drug-likeness (QED) is 0.737. The third-order valence-corrected chi connectivity index (χ3v) is 3.64. The molecule has 5 nitrogen and oxygen atoms in total. The van der Waals surface area contributed by atoms with E-state index in [-0.39, 0.29) is 34.9 Å². The molecule has 0 bridgehead atoms. The van der Waals surface area contributed by atoms with Gasteiger partial charge in [0.1, 0.15) is 0 Å². The number of carboxylic acids is 1. The molecule has 0 radical (unpaired) electrons. The van der Waals surface area contributed by atoms with Crippen molar-refractivity contribution in [1.29, 1.82) is 0 Å². The van der Waals surface area contributed by atoms with Gasteiger partial charge in [0.25, 0.3) is 0 Å². The van der Waals surface area contributed by atoms with Crippen molar-refractivity contribution in [2.24, 2.45) is 11.3 Å². The number of carboxylic acid groups (broad SMARTS) is 1. The fourth-order valence-electron chi connectivity index (χ4n) is 2.36. The van der Waals surface area contributed by atoms with Gasteiger partial charge in [-0.3, -0.25) is 4.79 Å². The maximum Gasteiger partial charge on any atom is 0.331 e. The van der Waals surface area contributed by atoms with Crippen LogP contribution in [0.4, 0.5) is 0 Å². The second kappa shape index (κ2) is 7.59. The van der Waals surface area contributed by atoms with E-state index >= 15 is 0 Å². The first kappa shape index (κ1) is 19.6. The van der Waals surface area contributed by atoms with Crippen molar-refractivity contribution in [3.8, 4) is 0 Å². The molecule has 0 aliphatic rings. The number of amides is 1. The first-order valence-corrected chi connectivity index (χ1v) is 7.29. The van der Waals surface area contributed by atoms with Crippen LogP contribution in [0.25, 0.3) is 0 Å². The minimum absolute atomic E-state index is 0.0295. The second-order valence-electron chi connectivity index (χ2n) is 6.93. The lowest BCUT2D eigenvalue weighted by molar-refractivity contribution is -0.137. The summed E-state index contributed by atoms with van der Waals surface area (Å²) in [6.45, 7) is 11.5. The molecule has 0 aromatic carbocycles. The van der Waals surface area contributed by atoms with Crippen molar-refractivity contribution in [1.82, 2.24) is 10.2 Å². The van der Waals surface area contributed by atoms with Gasteiger partial charge in [-0.2, -0.15) is 0 Å². The normalized spacial score (nSPS) is 15.8. The molecule has 0 saturated carbocycles. The standard InChI is InChI=1S/C16H30N2O3/c1-10(2)12(9-11(3)15(20)21)18(8)14(19)13(17-7)16(4,5)6/h9-10,12-13,17H,1-8H3,(H,20,21)/b11-9+/t12-,13-/m1/s1. The molecule has 1 amide bonds. The molecule has 122 valence electrons. The summed E-state index contributed by atoms with van der Waals surface area (Å²) >= 11 is 0. The van der Waals surface area contributed by atoms with Crippen LogP contribution in [0.2, 0.25) is 0 Å². The summed E-state index contributed by atoms with van der Waals surface area (Å²) in [5.74, 6) is -0.855. The van der Waals surface area contributed by atoms with E-state index in [1.807, 2.05) is 34.6 Å². The van der Waals surface area contributed by atoms with E-state index in [0.717, 1.165) is 0 Å². The molecular formula is C16H30N2O3. The molecule has 21 heavy (non-hydrogen) atoms. The summed E-state index contributed by atoms with van der Waals surface area (Å²) in [7, 11) is 3.50. The molecule has 0 fully saturated rings. The topological polar surface area (TPSA) is 69.6 Å². The van der Waals surface area contributed by atoms with E-state index in [0.29, 0.717) is 0 Å². The Labute approximate surface area is 128 Å². The van der Waals surface area contributed by atoms with Crippen molar-refractivity contribution in [3.63, 3.8) is 0 Å². The van der Waals surface area contributed by atoms with E-state index in [9.17, 15) is 9.59 Å². The Balaban J connectivity index is 5.41. The summed E-state index contributed by atoms with van der Waals surface area (Å²) in [5.41, 5.74) is 0.0396. The Morgan fingerprint density at radius 3 is 2.00 bits per heavy atom. The van der Waals surface area contributed by atoms with Crippen molar-refractivity contribution in [2.45, 2.75) is 53.6 Å². The van der Waals surface area contributed by atoms with Crippen molar-refractivity contribution in [2.75, 3.05) is 14.1 Å². The Morgan fingerprint density at radius 1 is 1.24 bits per heavy atom. The average molecular weight is 298 g/mol. The number of hydrogen-bond acceptors (Lipinski definition) is 3. The zero-order valence-corrected chi connectivity index (χ0v) is 14.5. The molecule has 0 rings (SSSR count). The van der Waals surface area contributed by atoms with Crippen LogP contribution in [0.3, 0.4) is 0 Å². The van der Waals surface area contributed by atoms with E-state index in [1.54, 1.807) is 32.0 Å². The molecule has 2 atom stereocenters. The number of rotatable bonds is 6. The van der Waals surface area contributed by atoms with E-state index in [2.05, 4.69) is 5.32 Å². The van der Waals surface area contributed by atoms with Crippen molar-refractivity contribution < 1.29 is 14.7 Å². The van der Waals surface area contributed by atoms with Gasteiger partial charge in [0.2, 0.25) is 5.91 Å². The van der Waals surface area contributed by atoms with Crippen LogP contribution < -0.4 is 5.32 Å². The zero-order chi connectivity index (χ0) is 17.0. The van der Waals surface area contributed by atoms with Gasteiger partial charge >= 0.3 is 5.97 Å². The minimum atomic E-state index is -0.956. The molecule has 0 aliphatic carbocycles. The van der Waals surface area contributed by atoms with Gasteiger partial charge in [-0.05, 0) is 25.3 Å². The first-order chi connectivity index (χ1) is 9.43. The van der Waals surface area contributed by atoms with Gasteiger partial charge in [0.15, 0.2) is 0 Å². The summed E-state index contributed by atoms with van der Waals surface area (Å²) in [6.07, 6.45) is 1.65. The monoisotopic (exact) mass is 298 g/mol. The highest BCUT2D eigenvalue weighted by Crippen LogP contribution is 2.23. The Hall–Kier alpha value is -1.36. The maximum atomic E-state index is 12.7. The third-order valence-electron chi connectivity index (χ3n) is 3.64. The predicted molar refractivity (Wildman–Crippen MR) is 85.1 cm³/mol. The molecule has 5 heteroatoms. The van der Waals surface area contributed by atoms with Crippen LogP contribution in [-0.4, -0.2) is 48.1 Å². The molecule has 0 aromatic rings. The molecule has 0 heterocycles. The van der Waals surface area contributed by atoms with Gasteiger partial charge < -0.3 is 15.3 Å². The molecule has 0 spiro atoms. The Bertz CT molecular complexity index is 408. The van der Waals surface area contributed by atoms with Gasteiger partial charge in [0, 0.05) is 12.6 Å². The lowest BCUT2D eigenvalue weighted by Gasteiger charge is -2.37. The van der Waals surface area contributed by atoms with Crippen molar-refractivity contribution >= 4 is 11.9 Å². The highest BCUT2D eigenvalue weighted by Gasteiger charge is 2.34. The molecule has 0 saturated heterocycles. The number of carbonyl (C=O) groups is 2. The van der Waals surface area contributed by atoms with Gasteiger partial charge in [-0.1, -0.05) is 40.7 Å². The van der Waals surface area contributed by atoms with Crippen LogP contribution in [0.1, 0.15) is 41.5 Å². The predicted octanol–water partition coefficient (Wildman–Crippen LogP) is 2.13. The lowest BCUT2D eigenvalue weighted by atomic mass is 9.85. The fraction of sp³-hybridized carbons (Fsp3) is 0.750. The molecule has 0 unspecified atom stereocenters. The van der Waals surface area contributed by atoms with E-state index < -0.39 is 5.97 Å². The van der Waals surface area contributed by atoms with Crippen LogP contribution in [-0.2, 0) is 9.59 Å². The van der Waals surface area contributed by atoms with Gasteiger partial charge in [-0.25, -0.2) is 4.79 Å². The summed E-state index contributed by atoms with van der Waals surface area (Å²) < 4.78 is 0. The molecule has 2 N–H and O–H groups in total. The summed E-state index contributed by atoms with van der Waals surface area (Å²) in [6, 6.07) is -0.561. The third kappa shape index (κ3) is 5.50. The first-order valence-electron chi connectivity index (χ1n) is 7.29. The van der Waals surface area contributed by atoms with E-state index in [4.69, 9.17) is 5.11 Å². The number of nitrogens with zero attached hydrogens (tertiary/aromatic N) is 1. The highest BCUT2D eigenvalue weighted by molar-refractivity contribution is 5.86. The maximum absolute atomic E-state index is 12.7. The minimum Gasteiger partial charge on any atom is -0.478 e. The summed E-state index contributed by atoms with van der Waals surface area (Å²) in [4.78, 5) is 25.4. The van der Waals surface area contributed by atoms with Crippen LogP contribution in [0, 0.1) is 11.3 Å². The molecular weight excluding hydrogens is 268 g/mol.